The largest absolute Gasteiger partial charge is 0.493 e. The van der Waals surface area contributed by atoms with Gasteiger partial charge < -0.3 is 9.94 Å². The lowest BCUT2D eigenvalue weighted by molar-refractivity contribution is 0.288. The number of fused-ring (bicyclic) bond motifs is 1. The zero-order chi connectivity index (χ0) is 9.97. The molecule has 1 aromatic rings. The number of rotatable bonds is 1. The van der Waals surface area contributed by atoms with Gasteiger partial charge in [-0.1, -0.05) is 5.16 Å². The molecule has 3 heteroatoms. The van der Waals surface area contributed by atoms with Crippen molar-refractivity contribution in [2.45, 2.75) is 19.8 Å². The highest BCUT2D eigenvalue weighted by atomic mass is 16.5. The summed E-state index contributed by atoms with van der Waals surface area (Å²) in [5.74, 6) is 0.964. The predicted molar refractivity (Wildman–Crippen MR) is 54.3 cm³/mol. The summed E-state index contributed by atoms with van der Waals surface area (Å²) in [7, 11) is 0. The minimum atomic E-state index is 0.637. The molecule has 1 aromatic carbocycles. The van der Waals surface area contributed by atoms with E-state index in [1.165, 1.54) is 5.56 Å². The molecule has 74 valence electrons. The Labute approximate surface area is 83.0 Å². The van der Waals surface area contributed by atoms with Crippen molar-refractivity contribution in [3.05, 3.63) is 29.3 Å². The molecule has 0 bridgehead atoms. The molecule has 3 nitrogen and oxygen atoms in total. The first kappa shape index (κ1) is 9.06. The highest BCUT2D eigenvalue weighted by Crippen LogP contribution is 2.25. The first-order valence-electron chi connectivity index (χ1n) is 4.76. The van der Waals surface area contributed by atoms with Crippen molar-refractivity contribution in [3.8, 4) is 5.75 Å². The van der Waals surface area contributed by atoms with Gasteiger partial charge in [-0.3, -0.25) is 0 Å². The maximum atomic E-state index is 8.65. The summed E-state index contributed by atoms with van der Waals surface area (Å²) in [5, 5.41) is 11.8. The Balaban J connectivity index is 2.38. The monoisotopic (exact) mass is 191 g/mol. The van der Waals surface area contributed by atoms with Crippen LogP contribution in [0.3, 0.4) is 0 Å². The lowest BCUT2D eigenvalue weighted by Gasteiger charge is -2.17. The fraction of sp³-hybridized carbons (Fsp3) is 0.364. The molecule has 0 fully saturated rings. The molecule has 0 spiro atoms. The Morgan fingerprint density at radius 1 is 1.50 bits per heavy atom. The minimum absolute atomic E-state index is 0.637. The smallest absolute Gasteiger partial charge is 0.122 e. The van der Waals surface area contributed by atoms with Gasteiger partial charge >= 0.3 is 0 Å². The number of oxime groups is 1. The van der Waals surface area contributed by atoms with Gasteiger partial charge in [-0.05, 0) is 49.1 Å². The second-order valence-corrected chi connectivity index (χ2v) is 3.46. The van der Waals surface area contributed by atoms with Crippen LogP contribution >= 0.6 is 0 Å². The van der Waals surface area contributed by atoms with Gasteiger partial charge in [0.1, 0.15) is 5.75 Å². The van der Waals surface area contributed by atoms with Gasteiger partial charge in [0.05, 0.1) is 12.3 Å². The van der Waals surface area contributed by atoms with Crippen LogP contribution < -0.4 is 4.74 Å². The van der Waals surface area contributed by atoms with E-state index in [1.807, 2.05) is 18.2 Å². The Kier molecular flexibility index (Phi) is 2.39. The van der Waals surface area contributed by atoms with E-state index in [1.54, 1.807) is 6.92 Å². The molecule has 0 aromatic heterocycles. The van der Waals surface area contributed by atoms with Crippen molar-refractivity contribution >= 4 is 5.71 Å². The number of hydrogen-bond donors (Lipinski definition) is 1. The van der Waals surface area contributed by atoms with Crippen molar-refractivity contribution in [1.82, 2.24) is 0 Å². The van der Waals surface area contributed by atoms with Gasteiger partial charge in [-0.25, -0.2) is 0 Å². The minimum Gasteiger partial charge on any atom is -0.493 e. The average molecular weight is 191 g/mol. The number of ether oxygens (including phenoxy) is 1. The van der Waals surface area contributed by atoms with Crippen LogP contribution in [0.25, 0.3) is 0 Å². The lowest BCUT2D eigenvalue weighted by atomic mass is 10.0. The fourth-order valence-electron chi connectivity index (χ4n) is 1.64. The van der Waals surface area contributed by atoms with Crippen molar-refractivity contribution in [2.75, 3.05) is 6.61 Å². The normalized spacial score (nSPS) is 15.9. The maximum absolute atomic E-state index is 8.65. The van der Waals surface area contributed by atoms with E-state index in [0.29, 0.717) is 5.71 Å². The van der Waals surface area contributed by atoms with Crippen molar-refractivity contribution in [1.29, 1.82) is 0 Å². The van der Waals surface area contributed by atoms with E-state index in [9.17, 15) is 0 Å². The van der Waals surface area contributed by atoms with E-state index in [-0.39, 0.29) is 0 Å². The molecule has 14 heavy (non-hydrogen) atoms. The SMILES string of the molecule is CC(=NO)c1ccc2c(c1)CCCO2. The van der Waals surface area contributed by atoms with Crippen LogP contribution in [-0.4, -0.2) is 17.5 Å². The summed E-state index contributed by atoms with van der Waals surface area (Å²) in [6, 6.07) is 5.89. The Hall–Kier alpha value is -1.51. The number of nitrogens with zero attached hydrogens (tertiary/aromatic N) is 1. The first-order valence-corrected chi connectivity index (χ1v) is 4.76. The van der Waals surface area contributed by atoms with Crippen LogP contribution in [0.1, 0.15) is 24.5 Å². The predicted octanol–water partition coefficient (Wildman–Crippen LogP) is 2.21. The van der Waals surface area contributed by atoms with Crippen molar-refractivity contribution in [2.24, 2.45) is 5.16 Å². The molecule has 2 rings (SSSR count). The summed E-state index contributed by atoms with van der Waals surface area (Å²) in [5.41, 5.74) is 2.80. The van der Waals surface area contributed by atoms with Crippen LogP contribution in [0.4, 0.5) is 0 Å². The maximum Gasteiger partial charge on any atom is 0.122 e. The molecular formula is C11H13NO2. The summed E-state index contributed by atoms with van der Waals surface area (Å²) in [6.07, 6.45) is 2.10. The standard InChI is InChI=1S/C11H13NO2/c1-8(12-13)9-4-5-11-10(7-9)3-2-6-14-11/h4-5,7,13H,2-3,6H2,1H3. The van der Waals surface area contributed by atoms with E-state index in [2.05, 4.69) is 5.16 Å². The second kappa shape index (κ2) is 3.70. The number of hydrogen-bond acceptors (Lipinski definition) is 3. The van der Waals surface area contributed by atoms with E-state index in [0.717, 1.165) is 30.8 Å². The van der Waals surface area contributed by atoms with Crippen LogP contribution in [0.15, 0.2) is 23.4 Å². The van der Waals surface area contributed by atoms with Gasteiger partial charge in [0.25, 0.3) is 0 Å². The third-order valence-electron chi connectivity index (χ3n) is 2.48. The van der Waals surface area contributed by atoms with Crippen molar-refractivity contribution < 1.29 is 9.94 Å². The Bertz CT molecular complexity index is 372. The molecule has 0 saturated heterocycles. The van der Waals surface area contributed by atoms with Gasteiger partial charge in [-0.15, -0.1) is 0 Å². The highest BCUT2D eigenvalue weighted by molar-refractivity contribution is 5.98. The topological polar surface area (TPSA) is 41.8 Å². The summed E-state index contributed by atoms with van der Waals surface area (Å²) in [6.45, 7) is 2.59. The second-order valence-electron chi connectivity index (χ2n) is 3.46. The zero-order valence-electron chi connectivity index (χ0n) is 8.16. The highest BCUT2D eigenvalue weighted by Gasteiger charge is 2.11. The average Bonchev–Trinajstić information content (AvgIpc) is 2.27. The first-order chi connectivity index (χ1) is 6.81. The molecule has 0 saturated carbocycles. The molecule has 1 aliphatic rings. The van der Waals surface area contributed by atoms with Crippen LogP contribution in [0.2, 0.25) is 0 Å². The van der Waals surface area contributed by atoms with Gasteiger partial charge in [0.15, 0.2) is 0 Å². The van der Waals surface area contributed by atoms with Crippen LogP contribution in [-0.2, 0) is 6.42 Å². The number of benzene rings is 1. The molecule has 0 aliphatic carbocycles. The summed E-state index contributed by atoms with van der Waals surface area (Å²) in [4.78, 5) is 0. The molecule has 1 N–H and O–H groups in total. The Morgan fingerprint density at radius 3 is 3.14 bits per heavy atom. The molecule has 1 aliphatic heterocycles. The van der Waals surface area contributed by atoms with Crippen molar-refractivity contribution in [3.63, 3.8) is 0 Å². The van der Waals surface area contributed by atoms with E-state index >= 15 is 0 Å². The lowest BCUT2D eigenvalue weighted by Crippen LogP contribution is -2.09. The molecular weight excluding hydrogens is 178 g/mol. The summed E-state index contributed by atoms with van der Waals surface area (Å²) >= 11 is 0. The van der Waals surface area contributed by atoms with Crippen LogP contribution in [0.5, 0.6) is 5.75 Å². The zero-order valence-corrected chi connectivity index (χ0v) is 8.16. The van der Waals surface area contributed by atoms with Gasteiger partial charge in [0, 0.05) is 0 Å². The third-order valence-corrected chi connectivity index (χ3v) is 2.48. The van der Waals surface area contributed by atoms with Gasteiger partial charge in [0.2, 0.25) is 0 Å². The molecule has 1 heterocycles. The molecule has 0 atom stereocenters. The summed E-state index contributed by atoms with van der Waals surface area (Å²) < 4.78 is 5.49. The molecule has 0 amide bonds. The fourth-order valence-corrected chi connectivity index (χ4v) is 1.64. The number of aryl methyl sites for hydroxylation is 1. The van der Waals surface area contributed by atoms with Crippen LogP contribution in [0, 0.1) is 0 Å². The van der Waals surface area contributed by atoms with E-state index in [4.69, 9.17) is 9.94 Å². The van der Waals surface area contributed by atoms with E-state index < -0.39 is 0 Å². The molecule has 0 unspecified atom stereocenters. The third kappa shape index (κ3) is 1.58. The molecule has 0 radical (unpaired) electrons. The Morgan fingerprint density at radius 2 is 2.36 bits per heavy atom. The van der Waals surface area contributed by atoms with Gasteiger partial charge in [-0.2, -0.15) is 0 Å². The quantitative estimate of drug-likeness (QED) is 0.420.